The number of rotatable bonds is 25. The maximum absolute atomic E-state index is 12.5. The Hall–Kier alpha value is -1.39. The maximum atomic E-state index is 12.5. The predicted molar refractivity (Wildman–Crippen MR) is 171 cm³/mol. The van der Waals surface area contributed by atoms with E-state index in [0.717, 1.165) is 63.0 Å². The van der Waals surface area contributed by atoms with Crippen molar-refractivity contribution >= 4 is 5.91 Å². The fraction of sp³-hybridized carbons (Fsp3) is 0.806. The number of hydrogen-bond acceptors (Lipinski definition) is 2. The van der Waals surface area contributed by atoms with Crippen molar-refractivity contribution in [1.29, 1.82) is 0 Å². The molecule has 1 heterocycles. The first-order chi connectivity index (χ1) is 19.7. The Morgan fingerprint density at radius 3 is 2.02 bits per heavy atom. The fourth-order valence-corrected chi connectivity index (χ4v) is 6.36. The lowest BCUT2D eigenvalue weighted by atomic mass is 10.1. The number of hydrogen-bond donors (Lipinski definition) is 0. The van der Waals surface area contributed by atoms with Gasteiger partial charge in [0.05, 0.1) is 26.2 Å². The number of ether oxygens (including phenoxy) is 1. The third-order valence-corrected chi connectivity index (χ3v) is 8.89. The van der Waals surface area contributed by atoms with Gasteiger partial charge in [-0.05, 0) is 38.5 Å². The minimum atomic E-state index is 0.382. The highest BCUT2D eigenvalue weighted by molar-refractivity contribution is 5.76. The summed E-state index contributed by atoms with van der Waals surface area (Å²) in [7, 11) is 0. The summed E-state index contributed by atoms with van der Waals surface area (Å²) in [5.41, 5.74) is 1.45. The quantitative estimate of drug-likeness (QED) is 0.0885. The largest absolute Gasteiger partial charge is 0.381 e. The van der Waals surface area contributed by atoms with Gasteiger partial charge in [0.25, 0.3) is 0 Å². The second-order valence-electron chi connectivity index (χ2n) is 12.6. The monoisotopic (exact) mass is 558 g/mol. The average Bonchev–Trinajstić information content (AvgIpc) is 3.18. The SMILES string of the molecule is CCCCCCCCCCCCOCCC[N+](CCCC)(CCCCN1CCCCCC1=O)Cc1ccccc1. The highest BCUT2D eigenvalue weighted by Crippen LogP contribution is 2.20. The highest BCUT2D eigenvalue weighted by atomic mass is 16.5. The lowest BCUT2D eigenvalue weighted by Crippen LogP contribution is -2.49. The summed E-state index contributed by atoms with van der Waals surface area (Å²) < 4.78 is 7.29. The van der Waals surface area contributed by atoms with E-state index in [9.17, 15) is 4.79 Å². The van der Waals surface area contributed by atoms with Crippen LogP contribution in [-0.2, 0) is 16.1 Å². The first-order valence-electron chi connectivity index (χ1n) is 17.4. The molecule has 1 aromatic rings. The Labute approximate surface area is 248 Å². The molecule has 0 aromatic heterocycles. The second kappa shape index (κ2) is 23.2. The summed E-state index contributed by atoms with van der Waals surface area (Å²) in [6.45, 7) is 13.1. The second-order valence-corrected chi connectivity index (χ2v) is 12.6. The molecule has 4 nitrogen and oxygen atoms in total. The summed E-state index contributed by atoms with van der Waals surface area (Å²) in [4.78, 5) is 14.6. The molecule has 1 saturated heterocycles. The number of nitrogens with zero attached hydrogens (tertiary/aromatic N) is 2. The van der Waals surface area contributed by atoms with Crippen molar-refractivity contribution in [2.45, 2.75) is 142 Å². The molecule has 0 N–H and O–H groups in total. The highest BCUT2D eigenvalue weighted by Gasteiger charge is 2.27. The van der Waals surface area contributed by atoms with Gasteiger partial charge in [-0.15, -0.1) is 0 Å². The van der Waals surface area contributed by atoms with Crippen LogP contribution in [0.2, 0.25) is 0 Å². The number of amides is 1. The number of benzene rings is 1. The van der Waals surface area contributed by atoms with Gasteiger partial charge in [0, 0.05) is 38.1 Å². The average molecular weight is 558 g/mol. The first-order valence-corrected chi connectivity index (χ1v) is 17.4. The first kappa shape index (κ1) is 34.8. The van der Waals surface area contributed by atoms with Gasteiger partial charge in [-0.3, -0.25) is 4.79 Å². The van der Waals surface area contributed by atoms with E-state index in [4.69, 9.17) is 4.74 Å². The van der Waals surface area contributed by atoms with Crippen molar-refractivity contribution in [3.8, 4) is 0 Å². The molecule has 2 rings (SSSR count). The van der Waals surface area contributed by atoms with Crippen LogP contribution in [0.3, 0.4) is 0 Å². The lowest BCUT2D eigenvalue weighted by Gasteiger charge is -2.39. The molecule has 0 spiro atoms. The molecule has 0 saturated carbocycles. The fourth-order valence-electron chi connectivity index (χ4n) is 6.36. The molecule has 1 atom stereocenters. The Balaban J connectivity index is 1.74. The summed E-state index contributed by atoms with van der Waals surface area (Å²) >= 11 is 0. The van der Waals surface area contributed by atoms with E-state index in [1.54, 1.807) is 0 Å². The smallest absolute Gasteiger partial charge is 0.222 e. The Morgan fingerprint density at radius 1 is 0.675 bits per heavy atom. The normalized spacial score (nSPS) is 15.8. The minimum absolute atomic E-state index is 0.382. The van der Waals surface area contributed by atoms with E-state index in [2.05, 4.69) is 49.1 Å². The Bertz CT molecular complexity index is 725. The predicted octanol–water partition coefficient (Wildman–Crippen LogP) is 9.31. The van der Waals surface area contributed by atoms with E-state index < -0.39 is 0 Å². The molecule has 1 fully saturated rings. The van der Waals surface area contributed by atoms with E-state index in [0.29, 0.717) is 5.91 Å². The van der Waals surface area contributed by atoms with Crippen LogP contribution >= 0.6 is 0 Å². The Kier molecular flexibility index (Phi) is 20.2. The van der Waals surface area contributed by atoms with Crippen LogP contribution in [0.1, 0.15) is 141 Å². The zero-order valence-electron chi connectivity index (χ0n) is 26.7. The topological polar surface area (TPSA) is 29.5 Å². The zero-order chi connectivity index (χ0) is 28.6. The molecule has 230 valence electrons. The minimum Gasteiger partial charge on any atom is -0.381 e. The lowest BCUT2D eigenvalue weighted by molar-refractivity contribution is -0.941. The van der Waals surface area contributed by atoms with Gasteiger partial charge in [-0.2, -0.15) is 0 Å². The molecule has 1 aromatic carbocycles. The number of likely N-dealkylation sites (tertiary alicyclic amines) is 1. The number of carbonyl (C=O) groups excluding carboxylic acids is 1. The molecule has 4 heteroatoms. The van der Waals surface area contributed by atoms with Crippen molar-refractivity contribution in [1.82, 2.24) is 4.90 Å². The van der Waals surface area contributed by atoms with Gasteiger partial charge >= 0.3 is 0 Å². The van der Waals surface area contributed by atoms with Crippen LogP contribution in [0, 0.1) is 0 Å². The van der Waals surface area contributed by atoms with Crippen molar-refractivity contribution in [3.63, 3.8) is 0 Å². The molecular formula is C36H65N2O2+. The van der Waals surface area contributed by atoms with Gasteiger partial charge in [-0.1, -0.05) is 115 Å². The van der Waals surface area contributed by atoms with Gasteiger partial charge < -0.3 is 14.1 Å². The molecule has 1 aliphatic heterocycles. The van der Waals surface area contributed by atoms with Crippen molar-refractivity contribution in [2.24, 2.45) is 0 Å². The van der Waals surface area contributed by atoms with E-state index >= 15 is 0 Å². The van der Waals surface area contributed by atoms with Crippen LogP contribution in [0.4, 0.5) is 0 Å². The molecular weight excluding hydrogens is 492 g/mol. The molecule has 40 heavy (non-hydrogen) atoms. The van der Waals surface area contributed by atoms with Gasteiger partial charge in [0.2, 0.25) is 5.91 Å². The summed E-state index contributed by atoms with van der Waals surface area (Å²) in [5, 5.41) is 0. The van der Waals surface area contributed by atoms with Crippen molar-refractivity contribution in [3.05, 3.63) is 35.9 Å². The molecule has 0 aliphatic carbocycles. The van der Waals surface area contributed by atoms with Crippen LogP contribution in [0.15, 0.2) is 30.3 Å². The van der Waals surface area contributed by atoms with Crippen LogP contribution in [-0.4, -0.2) is 61.2 Å². The number of carbonyl (C=O) groups is 1. The van der Waals surface area contributed by atoms with E-state index in [-0.39, 0.29) is 0 Å². The van der Waals surface area contributed by atoms with Gasteiger partial charge in [0.1, 0.15) is 6.54 Å². The third kappa shape index (κ3) is 16.2. The van der Waals surface area contributed by atoms with E-state index in [1.165, 1.54) is 122 Å². The standard InChI is InChI=1S/C36H65N2O2/c1-3-5-7-8-9-10-11-12-13-22-32-40-33-23-31-38(29-6-4-2,34-35-24-16-14-17-25-35)30-21-20-28-37-27-19-15-18-26-36(37)39/h14,16-17,24-25H,3-13,15,18-23,26-34H2,1-2H3/q+1. The molecule has 0 bridgehead atoms. The number of unbranched alkanes of at least 4 members (excludes halogenated alkanes) is 11. The third-order valence-electron chi connectivity index (χ3n) is 8.89. The molecule has 1 amide bonds. The van der Waals surface area contributed by atoms with Crippen molar-refractivity contribution in [2.75, 3.05) is 45.9 Å². The molecule has 1 unspecified atom stereocenters. The molecule has 1 aliphatic rings. The zero-order valence-corrected chi connectivity index (χ0v) is 26.7. The van der Waals surface area contributed by atoms with Gasteiger partial charge in [0.15, 0.2) is 0 Å². The van der Waals surface area contributed by atoms with Crippen LogP contribution in [0.25, 0.3) is 0 Å². The Morgan fingerprint density at radius 2 is 1.30 bits per heavy atom. The summed E-state index contributed by atoms with van der Waals surface area (Å²) in [6, 6.07) is 11.1. The summed E-state index contributed by atoms with van der Waals surface area (Å²) in [5.74, 6) is 0.382. The maximum Gasteiger partial charge on any atom is 0.222 e. The molecule has 0 radical (unpaired) electrons. The number of quaternary nitrogens is 1. The summed E-state index contributed by atoms with van der Waals surface area (Å²) in [6.07, 6.45) is 23.9. The van der Waals surface area contributed by atoms with Crippen LogP contribution in [0.5, 0.6) is 0 Å². The van der Waals surface area contributed by atoms with Gasteiger partial charge in [-0.25, -0.2) is 0 Å². The van der Waals surface area contributed by atoms with Crippen LogP contribution < -0.4 is 0 Å². The van der Waals surface area contributed by atoms with Crippen molar-refractivity contribution < 1.29 is 14.0 Å². The van der Waals surface area contributed by atoms with E-state index in [1.807, 2.05) is 0 Å².